The lowest BCUT2D eigenvalue weighted by Gasteiger charge is -2.38. The molecule has 50 heavy (non-hydrogen) atoms. The number of esters is 2. The van der Waals surface area contributed by atoms with Gasteiger partial charge in [-0.3, -0.25) is 0 Å². The van der Waals surface area contributed by atoms with Gasteiger partial charge in [-0.15, -0.1) is 0 Å². The third-order valence-electron chi connectivity index (χ3n) is 10.8. The van der Waals surface area contributed by atoms with E-state index in [1.807, 2.05) is 6.07 Å². The van der Waals surface area contributed by atoms with Crippen LogP contribution in [-0.4, -0.2) is 48.6 Å². The Morgan fingerprint density at radius 1 is 0.780 bits per heavy atom. The fourth-order valence-corrected chi connectivity index (χ4v) is 7.75. The molecule has 2 aromatic carbocycles. The van der Waals surface area contributed by atoms with E-state index in [0.717, 1.165) is 76.2 Å². The highest BCUT2D eigenvalue weighted by Gasteiger charge is 2.33. The number of benzene rings is 2. The normalized spacial score (nSPS) is 20.8. The van der Waals surface area contributed by atoms with Gasteiger partial charge < -0.3 is 19.7 Å². The number of halogens is 3. The maximum absolute atomic E-state index is 15.4. The van der Waals surface area contributed by atoms with Crippen molar-refractivity contribution in [3.63, 3.8) is 0 Å². The smallest absolute Gasteiger partial charge is 0.335 e. The summed E-state index contributed by atoms with van der Waals surface area (Å²) in [5.41, 5.74) is 1.19. The minimum Gasteiger partial charge on any atom is -0.462 e. The maximum Gasteiger partial charge on any atom is 0.335 e. The Morgan fingerprint density at radius 3 is 1.88 bits per heavy atom. The van der Waals surface area contributed by atoms with E-state index in [1.165, 1.54) is 12.1 Å². The van der Waals surface area contributed by atoms with Crippen molar-refractivity contribution in [1.29, 1.82) is 0 Å². The zero-order valence-electron chi connectivity index (χ0n) is 29.4. The molecule has 2 N–H and O–H groups in total. The van der Waals surface area contributed by atoms with E-state index in [9.17, 15) is 14.0 Å². The van der Waals surface area contributed by atoms with E-state index in [4.69, 9.17) is 19.7 Å². The zero-order valence-corrected chi connectivity index (χ0v) is 29.4. The van der Waals surface area contributed by atoms with Gasteiger partial charge in [-0.2, -0.15) is 0 Å². The lowest BCUT2D eigenvalue weighted by Crippen LogP contribution is -2.28. The average molecular weight is 699 g/mol. The molecule has 274 valence electrons. The van der Waals surface area contributed by atoms with Crippen molar-refractivity contribution >= 4 is 11.9 Å². The molecule has 0 atom stereocenters. The van der Waals surface area contributed by atoms with E-state index in [2.05, 4.69) is 20.1 Å². The summed E-state index contributed by atoms with van der Waals surface area (Å²) >= 11 is 0. The average Bonchev–Trinajstić information content (AvgIpc) is 3.14. The number of hydrogen-bond acceptors (Lipinski definition) is 6. The second kappa shape index (κ2) is 19.3. The van der Waals surface area contributed by atoms with E-state index in [1.54, 1.807) is 12.1 Å². The minimum absolute atomic E-state index is 0.0273. The van der Waals surface area contributed by atoms with Crippen molar-refractivity contribution in [3.8, 4) is 11.1 Å². The molecule has 0 unspecified atom stereocenters. The number of carbonyl (C=O) groups is 2. The Morgan fingerprint density at radius 2 is 1.34 bits per heavy atom. The van der Waals surface area contributed by atoms with Crippen LogP contribution in [-0.2, 0) is 25.5 Å². The van der Waals surface area contributed by atoms with Gasteiger partial charge in [0.15, 0.2) is 11.6 Å². The van der Waals surface area contributed by atoms with Crippen molar-refractivity contribution in [3.05, 3.63) is 83.2 Å². The molecule has 0 aliphatic heterocycles. The fourth-order valence-electron chi connectivity index (χ4n) is 7.75. The highest BCUT2D eigenvalue weighted by atomic mass is 19.2. The molecular formula is C41H53F3O6. The standard InChI is InChI=1S/C41H53F3O6/c1-4-5-6-7-33-16-19-36(39(44)38(33)43)35-18-17-34(21-37(35)42)32-14-12-31(13-15-32)30-10-8-28(9-11-30)20-29(24-49-40(47)26(2)22-45)25-50-41(48)27(3)23-46/h16-19,21,28-32,45-46H,2-15,20,22-25H2,1H3. The molecule has 9 heteroatoms. The van der Waals surface area contributed by atoms with Crippen molar-refractivity contribution in [2.75, 3.05) is 26.4 Å². The van der Waals surface area contributed by atoms with Crippen LogP contribution in [0.3, 0.4) is 0 Å². The molecule has 0 spiro atoms. The number of rotatable bonds is 17. The Balaban J connectivity index is 1.28. The molecule has 6 nitrogen and oxygen atoms in total. The summed E-state index contributed by atoms with van der Waals surface area (Å²) in [5.74, 6) is -2.21. The van der Waals surface area contributed by atoms with Crippen molar-refractivity contribution in [2.24, 2.45) is 23.7 Å². The summed E-state index contributed by atoms with van der Waals surface area (Å²) < 4.78 is 55.8. The Bertz CT molecular complexity index is 1440. The Kier molecular flexibility index (Phi) is 15.2. The Hall–Kier alpha value is -3.43. The van der Waals surface area contributed by atoms with Gasteiger partial charge in [-0.25, -0.2) is 22.8 Å². The van der Waals surface area contributed by atoms with Crippen LogP contribution in [0.15, 0.2) is 54.6 Å². The zero-order chi connectivity index (χ0) is 36.2. The Labute approximate surface area is 294 Å². The van der Waals surface area contributed by atoms with E-state index < -0.39 is 42.6 Å². The first-order valence-electron chi connectivity index (χ1n) is 18.2. The van der Waals surface area contributed by atoms with Gasteiger partial charge in [-0.1, -0.05) is 70.0 Å². The number of carbonyl (C=O) groups excluding carboxylic acids is 2. The van der Waals surface area contributed by atoms with Crippen LogP contribution in [0.4, 0.5) is 13.2 Å². The molecule has 0 amide bonds. The molecule has 0 heterocycles. The summed E-state index contributed by atoms with van der Waals surface area (Å²) in [5, 5.41) is 18.3. The molecule has 0 aromatic heterocycles. The summed E-state index contributed by atoms with van der Waals surface area (Å²) in [6, 6.07) is 8.03. The fraction of sp³-hybridized carbons (Fsp3) is 0.561. The predicted octanol–water partition coefficient (Wildman–Crippen LogP) is 8.77. The molecule has 2 fully saturated rings. The van der Waals surface area contributed by atoms with Crippen LogP contribution in [0.5, 0.6) is 0 Å². The maximum atomic E-state index is 15.4. The number of hydrogen-bond donors (Lipinski definition) is 2. The first kappa shape index (κ1) is 39.4. The molecule has 2 saturated carbocycles. The van der Waals surface area contributed by atoms with Gasteiger partial charge in [0, 0.05) is 17.0 Å². The van der Waals surface area contributed by atoms with Crippen LogP contribution in [0.25, 0.3) is 11.1 Å². The van der Waals surface area contributed by atoms with Gasteiger partial charge in [0.25, 0.3) is 0 Å². The van der Waals surface area contributed by atoms with Crippen LogP contribution in [0.2, 0.25) is 0 Å². The lowest BCUT2D eigenvalue weighted by atomic mass is 9.67. The molecule has 0 radical (unpaired) electrons. The first-order valence-corrected chi connectivity index (χ1v) is 18.2. The molecule has 4 rings (SSSR count). The molecule has 0 saturated heterocycles. The summed E-state index contributed by atoms with van der Waals surface area (Å²) in [6.45, 7) is 8.10. The second-order valence-corrected chi connectivity index (χ2v) is 14.3. The third-order valence-corrected chi connectivity index (χ3v) is 10.8. The molecule has 2 aliphatic carbocycles. The second-order valence-electron chi connectivity index (χ2n) is 14.3. The summed E-state index contributed by atoms with van der Waals surface area (Å²) in [6.07, 6.45) is 12.1. The van der Waals surface area contributed by atoms with Crippen LogP contribution < -0.4 is 0 Å². The summed E-state index contributed by atoms with van der Waals surface area (Å²) in [7, 11) is 0. The van der Waals surface area contributed by atoms with Gasteiger partial charge in [0.1, 0.15) is 5.82 Å². The first-order chi connectivity index (χ1) is 24.1. The lowest BCUT2D eigenvalue weighted by molar-refractivity contribution is -0.145. The van der Waals surface area contributed by atoms with Crippen molar-refractivity contribution in [2.45, 2.75) is 96.3 Å². The molecule has 0 bridgehead atoms. The van der Waals surface area contributed by atoms with Gasteiger partial charge in [-0.05, 0) is 98.7 Å². The number of aliphatic hydroxyl groups is 2. The van der Waals surface area contributed by atoms with E-state index in [-0.39, 0.29) is 47.3 Å². The van der Waals surface area contributed by atoms with Crippen LogP contribution in [0.1, 0.15) is 101 Å². The number of ether oxygens (including phenoxy) is 2. The number of aliphatic hydroxyl groups excluding tert-OH is 2. The van der Waals surface area contributed by atoms with Gasteiger partial charge >= 0.3 is 11.9 Å². The van der Waals surface area contributed by atoms with Gasteiger partial charge in [0.05, 0.1) is 37.6 Å². The van der Waals surface area contributed by atoms with Crippen molar-refractivity contribution in [1.82, 2.24) is 0 Å². The van der Waals surface area contributed by atoms with Crippen LogP contribution in [0, 0.1) is 41.1 Å². The highest BCUT2D eigenvalue weighted by molar-refractivity contribution is 5.88. The largest absolute Gasteiger partial charge is 0.462 e. The highest BCUT2D eigenvalue weighted by Crippen LogP contribution is 2.45. The van der Waals surface area contributed by atoms with Gasteiger partial charge in [0.2, 0.25) is 0 Å². The van der Waals surface area contributed by atoms with Crippen molar-refractivity contribution < 1.29 is 42.4 Å². The molecule has 2 aliphatic rings. The predicted molar refractivity (Wildman–Crippen MR) is 188 cm³/mol. The molecular weight excluding hydrogens is 645 g/mol. The van der Waals surface area contributed by atoms with E-state index in [0.29, 0.717) is 36.2 Å². The third kappa shape index (κ3) is 10.5. The quantitative estimate of drug-likeness (QED) is 0.0975. The van der Waals surface area contributed by atoms with E-state index >= 15 is 8.78 Å². The molecule has 2 aromatic rings. The minimum atomic E-state index is -0.989. The summed E-state index contributed by atoms with van der Waals surface area (Å²) in [4.78, 5) is 24.1. The number of unbranched alkanes of at least 4 members (excludes halogenated alkanes) is 2. The topological polar surface area (TPSA) is 93.1 Å². The SMILES string of the molecule is C=C(CO)C(=O)OCC(COC(=O)C(=C)CO)CC1CCC(C2CCC(c3ccc(-c4ccc(CCCCC)c(F)c4F)c(F)c3)CC2)CC1. The monoisotopic (exact) mass is 698 g/mol. The number of aryl methyl sites for hydroxylation is 1. The van der Waals surface area contributed by atoms with Crippen LogP contribution >= 0.6 is 0 Å².